The van der Waals surface area contributed by atoms with Crippen molar-refractivity contribution >= 4 is 5.91 Å². The summed E-state index contributed by atoms with van der Waals surface area (Å²) >= 11 is 0. The van der Waals surface area contributed by atoms with Crippen molar-refractivity contribution in [1.29, 1.82) is 0 Å². The standard InChI is InChI=1S/C8H16N2O/c1-6(7(10)11)4-8(2,3)5-9/h4H,5,9H2,1-3H3,(H2,10,11)/b6-4+. The molecule has 0 fully saturated rings. The van der Waals surface area contributed by atoms with Gasteiger partial charge in [0.2, 0.25) is 5.91 Å². The molecule has 0 atom stereocenters. The second-order valence-electron chi connectivity index (χ2n) is 3.38. The van der Waals surface area contributed by atoms with E-state index in [0.29, 0.717) is 12.1 Å². The molecule has 0 radical (unpaired) electrons. The molecule has 4 N–H and O–H groups in total. The molecule has 1 amide bonds. The second kappa shape index (κ2) is 3.53. The van der Waals surface area contributed by atoms with Crippen LogP contribution in [0.25, 0.3) is 0 Å². The largest absolute Gasteiger partial charge is 0.366 e. The number of carbonyl (C=O) groups excluding carboxylic acids is 1. The van der Waals surface area contributed by atoms with Crippen LogP contribution in [0.2, 0.25) is 0 Å². The van der Waals surface area contributed by atoms with Crippen molar-refractivity contribution in [2.75, 3.05) is 6.54 Å². The quantitative estimate of drug-likeness (QED) is 0.581. The zero-order valence-electron chi connectivity index (χ0n) is 7.35. The highest BCUT2D eigenvalue weighted by atomic mass is 16.1. The Morgan fingerprint density at radius 3 is 2.27 bits per heavy atom. The van der Waals surface area contributed by atoms with Crippen molar-refractivity contribution in [2.45, 2.75) is 20.8 Å². The molecule has 0 aliphatic rings. The molecule has 0 unspecified atom stereocenters. The number of primary amides is 1. The predicted molar refractivity (Wildman–Crippen MR) is 45.8 cm³/mol. The molecule has 0 bridgehead atoms. The minimum absolute atomic E-state index is 0.140. The molecule has 0 aromatic heterocycles. The molecule has 3 nitrogen and oxygen atoms in total. The Morgan fingerprint density at radius 2 is 2.00 bits per heavy atom. The minimum atomic E-state index is -0.383. The van der Waals surface area contributed by atoms with E-state index in [1.165, 1.54) is 0 Å². The van der Waals surface area contributed by atoms with Crippen molar-refractivity contribution in [2.24, 2.45) is 16.9 Å². The van der Waals surface area contributed by atoms with Gasteiger partial charge in [0.1, 0.15) is 0 Å². The molecule has 0 aromatic rings. The Morgan fingerprint density at radius 1 is 1.55 bits per heavy atom. The van der Waals surface area contributed by atoms with E-state index >= 15 is 0 Å². The van der Waals surface area contributed by atoms with Crippen LogP contribution >= 0.6 is 0 Å². The Balaban J connectivity index is 4.41. The summed E-state index contributed by atoms with van der Waals surface area (Å²) in [7, 11) is 0. The maximum absolute atomic E-state index is 10.6. The molecule has 0 saturated heterocycles. The fourth-order valence-corrected chi connectivity index (χ4v) is 0.716. The van der Waals surface area contributed by atoms with Gasteiger partial charge >= 0.3 is 0 Å². The van der Waals surface area contributed by atoms with Gasteiger partial charge in [-0.1, -0.05) is 19.9 Å². The smallest absolute Gasteiger partial charge is 0.244 e. The van der Waals surface area contributed by atoms with E-state index in [-0.39, 0.29) is 11.3 Å². The SMILES string of the molecule is C/C(=C\C(C)(C)CN)C(N)=O. The number of rotatable bonds is 3. The van der Waals surface area contributed by atoms with Crippen LogP contribution in [0.3, 0.4) is 0 Å². The molecule has 0 rings (SSSR count). The van der Waals surface area contributed by atoms with E-state index in [9.17, 15) is 4.79 Å². The zero-order valence-corrected chi connectivity index (χ0v) is 7.35. The first-order chi connectivity index (χ1) is 4.89. The molecule has 64 valence electrons. The third-order valence-electron chi connectivity index (χ3n) is 1.52. The van der Waals surface area contributed by atoms with Crippen molar-refractivity contribution in [3.8, 4) is 0 Å². The summed E-state index contributed by atoms with van der Waals surface area (Å²) in [5.74, 6) is -0.383. The van der Waals surface area contributed by atoms with Crippen LogP contribution in [-0.2, 0) is 4.79 Å². The number of carbonyl (C=O) groups is 1. The summed E-state index contributed by atoms with van der Waals surface area (Å²) in [4.78, 5) is 10.6. The van der Waals surface area contributed by atoms with Gasteiger partial charge in [-0.3, -0.25) is 4.79 Å². The van der Waals surface area contributed by atoms with Gasteiger partial charge in [-0.15, -0.1) is 0 Å². The Hall–Kier alpha value is -0.830. The number of nitrogens with two attached hydrogens (primary N) is 2. The third-order valence-corrected chi connectivity index (χ3v) is 1.52. The molecule has 0 aromatic carbocycles. The Labute approximate surface area is 67.4 Å². The van der Waals surface area contributed by atoms with E-state index in [1.54, 1.807) is 13.0 Å². The van der Waals surface area contributed by atoms with Crippen molar-refractivity contribution in [3.05, 3.63) is 11.6 Å². The van der Waals surface area contributed by atoms with E-state index in [2.05, 4.69) is 0 Å². The van der Waals surface area contributed by atoms with Crippen LogP contribution in [0.15, 0.2) is 11.6 Å². The first-order valence-corrected chi connectivity index (χ1v) is 3.58. The third kappa shape index (κ3) is 3.78. The summed E-state index contributed by atoms with van der Waals surface area (Å²) in [6, 6.07) is 0. The fourth-order valence-electron chi connectivity index (χ4n) is 0.716. The van der Waals surface area contributed by atoms with Gasteiger partial charge < -0.3 is 11.5 Å². The zero-order chi connectivity index (χ0) is 9.07. The van der Waals surface area contributed by atoms with Crippen LogP contribution in [0, 0.1) is 5.41 Å². The summed E-state index contributed by atoms with van der Waals surface area (Å²) in [6.45, 7) is 6.12. The average Bonchev–Trinajstić information content (AvgIpc) is 1.87. The van der Waals surface area contributed by atoms with Crippen LogP contribution < -0.4 is 11.5 Å². The van der Waals surface area contributed by atoms with Gasteiger partial charge in [-0.05, 0) is 12.3 Å². The molecule has 3 heteroatoms. The van der Waals surface area contributed by atoms with Crippen molar-refractivity contribution < 1.29 is 4.79 Å². The lowest BCUT2D eigenvalue weighted by atomic mass is 9.91. The maximum atomic E-state index is 10.6. The van der Waals surface area contributed by atoms with Gasteiger partial charge in [-0.2, -0.15) is 0 Å². The van der Waals surface area contributed by atoms with E-state index in [0.717, 1.165) is 0 Å². The fraction of sp³-hybridized carbons (Fsp3) is 0.625. The normalized spacial score (nSPS) is 13.3. The molecule has 0 aliphatic heterocycles. The highest BCUT2D eigenvalue weighted by Gasteiger charge is 2.13. The molecule has 0 aliphatic carbocycles. The van der Waals surface area contributed by atoms with Gasteiger partial charge in [0, 0.05) is 12.1 Å². The molecule has 11 heavy (non-hydrogen) atoms. The summed E-state index contributed by atoms with van der Waals surface area (Å²) in [5.41, 5.74) is 10.9. The number of hydrogen-bond donors (Lipinski definition) is 2. The van der Waals surface area contributed by atoms with E-state index in [4.69, 9.17) is 11.5 Å². The summed E-state index contributed by atoms with van der Waals surface area (Å²) in [5, 5.41) is 0. The summed E-state index contributed by atoms with van der Waals surface area (Å²) in [6.07, 6.45) is 1.80. The topological polar surface area (TPSA) is 69.1 Å². The lowest BCUT2D eigenvalue weighted by Gasteiger charge is -2.17. The van der Waals surface area contributed by atoms with Crippen LogP contribution in [0.5, 0.6) is 0 Å². The van der Waals surface area contributed by atoms with Crippen molar-refractivity contribution in [3.63, 3.8) is 0 Å². The van der Waals surface area contributed by atoms with Gasteiger partial charge in [-0.25, -0.2) is 0 Å². The average molecular weight is 156 g/mol. The van der Waals surface area contributed by atoms with Gasteiger partial charge in [0.05, 0.1) is 0 Å². The van der Waals surface area contributed by atoms with Gasteiger partial charge in [0.15, 0.2) is 0 Å². The number of hydrogen-bond acceptors (Lipinski definition) is 2. The molecular formula is C8H16N2O. The van der Waals surface area contributed by atoms with Crippen LogP contribution in [0.4, 0.5) is 0 Å². The molecule has 0 saturated carbocycles. The van der Waals surface area contributed by atoms with E-state index < -0.39 is 0 Å². The second-order valence-corrected chi connectivity index (χ2v) is 3.38. The first-order valence-electron chi connectivity index (χ1n) is 3.58. The van der Waals surface area contributed by atoms with Gasteiger partial charge in [0.25, 0.3) is 0 Å². The lowest BCUT2D eigenvalue weighted by molar-refractivity contribution is -0.114. The highest BCUT2D eigenvalue weighted by Crippen LogP contribution is 2.16. The minimum Gasteiger partial charge on any atom is -0.366 e. The first kappa shape index (κ1) is 10.2. The molecule has 0 heterocycles. The summed E-state index contributed by atoms with van der Waals surface area (Å²) < 4.78 is 0. The monoisotopic (exact) mass is 156 g/mol. The van der Waals surface area contributed by atoms with E-state index in [1.807, 2.05) is 13.8 Å². The number of amides is 1. The Bertz CT molecular complexity index is 183. The maximum Gasteiger partial charge on any atom is 0.244 e. The van der Waals surface area contributed by atoms with Crippen LogP contribution in [0.1, 0.15) is 20.8 Å². The molecule has 0 spiro atoms. The Kier molecular flexibility index (Phi) is 3.26. The highest BCUT2D eigenvalue weighted by molar-refractivity contribution is 5.91. The van der Waals surface area contributed by atoms with Crippen molar-refractivity contribution in [1.82, 2.24) is 0 Å². The predicted octanol–water partition coefficient (Wildman–Crippen LogP) is 0.403. The lowest BCUT2D eigenvalue weighted by Crippen LogP contribution is -2.23. The molecular weight excluding hydrogens is 140 g/mol. The van der Waals surface area contributed by atoms with Crippen LogP contribution in [-0.4, -0.2) is 12.5 Å².